The van der Waals surface area contributed by atoms with Crippen LogP contribution in [0.1, 0.15) is 120 Å². The van der Waals surface area contributed by atoms with E-state index in [1.54, 1.807) is 0 Å². The molecular weight excluding hydrogens is 1080 g/mol. The van der Waals surface area contributed by atoms with Crippen LogP contribution in [0.4, 0.5) is 0 Å². The molecular formula is C56H98N12O11S2. The molecule has 2 heterocycles. The minimum Gasteiger partial charge on any atom is -0.481 e. The Hall–Kier alpha value is -4.89. The van der Waals surface area contributed by atoms with Crippen molar-refractivity contribution in [3.63, 3.8) is 0 Å². The van der Waals surface area contributed by atoms with Gasteiger partial charge in [0.1, 0.15) is 24.4 Å². The van der Waals surface area contributed by atoms with Crippen LogP contribution in [0.5, 0.6) is 0 Å². The summed E-state index contributed by atoms with van der Waals surface area (Å²) in [5, 5.41) is 52.4. The van der Waals surface area contributed by atoms with E-state index in [1.165, 1.54) is 40.5 Å². The predicted octanol–water partition coefficient (Wildman–Crippen LogP) is 2.03. The Morgan fingerprint density at radius 2 is 1.58 bits per heavy atom. The third kappa shape index (κ3) is 29.3. The van der Waals surface area contributed by atoms with Crippen LogP contribution in [0, 0.1) is 5.92 Å². The van der Waals surface area contributed by atoms with Crippen molar-refractivity contribution in [1.29, 1.82) is 0 Å². The number of aliphatic imine (C=N–C) groups is 1. The highest BCUT2D eigenvalue weighted by Crippen LogP contribution is 2.27. The molecule has 2 aliphatic rings. The maximum Gasteiger partial charge on any atom is 0.317 e. The maximum atomic E-state index is 14.6. The van der Waals surface area contributed by atoms with Gasteiger partial charge in [-0.05, 0) is 99.1 Å². The van der Waals surface area contributed by atoms with Gasteiger partial charge in [-0.2, -0.15) is 0 Å². The maximum absolute atomic E-state index is 14.6. The fourth-order valence-corrected chi connectivity index (χ4v) is 11.4. The van der Waals surface area contributed by atoms with Crippen LogP contribution < -0.4 is 42.5 Å². The number of likely N-dealkylation sites (N-methyl/N-ethyl adjacent to an activating group) is 2. The highest BCUT2D eigenvalue weighted by atomic mass is 33.1. The molecule has 0 aliphatic carbocycles. The van der Waals surface area contributed by atoms with Crippen molar-refractivity contribution in [3.8, 4) is 0 Å². The molecule has 0 aromatic heterocycles. The van der Waals surface area contributed by atoms with E-state index in [0.29, 0.717) is 82.0 Å². The fourth-order valence-electron chi connectivity index (χ4n) is 9.22. The van der Waals surface area contributed by atoms with E-state index in [9.17, 15) is 53.7 Å². The molecule has 2 rings (SSSR count). The molecule has 23 nitrogen and oxygen atoms in total. The first kappa shape index (κ1) is 72.2. The van der Waals surface area contributed by atoms with E-state index in [2.05, 4.69) is 54.0 Å². The van der Waals surface area contributed by atoms with E-state index in [4.69, 9.17) is 4.99 Å². The van der Waals surface area contributed by atoms with Crippen molar-refractivity contribution in [2.75, 3.05) is 84.5 Å². The molecule has 10 unspecified atom stereocenters. The van der Waals surface area contributed by atoms with Crippen molar-refractivity contribution in [2.24, 2.45) is 10.9 Å². The molecule has 2 saturated heterocycles. The quantitative estimate of drug-likeness (QED) is 0.0181. The molecule has 25 heteroatoms. The number of allylic oxidation sites excluding steroid dienone is 4. The zero-order chi connectivity index (χ0) is 60.6. The molecule has 0 spiro atoms. The first-order chi connectivity index (χ1) is 38.4. The molecule has 0 aromatic rings. The third-order valence-corrected chi connectivity index (χ3v) is 16.8. The number of carbonyl (C=O) groups is 8. The van der Waals surface area contributed by atoms with Crippen molar-refractivity contribution >= 4 is 74.7 Å². The van der Waals surface area contributed by atoms with Gasteiger partial charge >= 0.3 is 11.9 Å². The van der Waals surface area contributed by atoms with Crippen LogP contribution in [0.2, 0.25) is 0 Å². The second-order valence-electron chi connectivity index (χ2n) is 21.4. The van der Waals surface area contributed by atoms with Gasteiger partial charge in [-0.25, -0.2) is 0 Å². The summed E-state index contributed by atoms with van der Waals surface area (Å²) in [4.78, 5) is 115. The van der Waals surface area contributed by atoms with Crippen molar-refractivity contribution in [1.82, 2.24) is 57.2 Å². The number of amides is 6. The molecule has 2 fully saturated rings. The molecule has 0 radical (unpaired) electrons. The van der Waals surface area contributed by atoms with Crippen LogP contribution >= 0.6 is 21.6 Å². The van der Waals surface area contributed by atoms with Gasteiger partial charge in [-0.1, -0.05) is 84.7 Å². The summed E-state index contributed by atoms with van der Waals surface area (Å²) < 4.78 is 0. The number of rotatable bonds is 41. The normalized spacial score (nSPS) is 19.7. The second kappa shape index (κ2) is 39.6. The number of hydrogen-bond acceptors (Lipinski definition) is 17. The van der Waals surface area contributed by atoms with Crippen LogP contribution in [0.15, 0.2) is 40.9 Å². The number of likely N-dealkylation sites (tertiary alicyclic amines) is 1. The summed E-state index contributed by atoms with van der Waals surface area (Å²) in [7, 11) is 6.34. The van der Waals surface area contributed by atoms with Gasteiger partial charge in [0.15, 0.2) is 0 Å². The Kier molecular flexibility index (Phi) is 35.3. The smallest absolute Gasteiger partial charge is 0.317 e. The first-order valence-corrected chi connectivity index (χ1v) is 31.1. The number of carboxylic acid groups (broad SMARTS) is 2. The van der Waals surface area contributed by atoms with Gasteiger partial charge in [0.2, 0.25) is 35.4 Å². The third-order valence-electron chi connectivity index (χ3n) is 14.3. The van der Waals surface area contributed by atoms with Crippen LogP contribution in [0.25, 0.3) is 0 Å². The van der Waals surface area contributed by atoms with E-state index in [-0.39, 0.29) is 93.2 Å². The Morgan fingerprint density at radius 1 is 0.889 bits per heavy atom. The highest BCUT2D eigenvalue weighted by molar-refractivity contribution is 8.76. The molecule has 2 aliphatic heterocycles. The summed E-state index contributed by atoms with van der Waals surface area (Å²) in [6.07, 6.45) is 8.56. The zero-order valence-electron chi connectivity index (χ0n) is 49.8. The summed E-state index contributed by atoms with van der Waals surface area (Å²) in [5.74, 6) is -3.42. The molecule has 0 saturated carbocycles. The van der Waals surface area contributed by atoms with Crippen molar-refractivity contribution in [3.05, 3.63) is 36.0 Å². The number of carboxylic acids is 2. The Morgan fingerprint density at radius 3 is 2.20 bits per heavy atom. The van der Waals surface area contributed by atoms with E-state index in [0.717, 1.165) is 24.0 Å². The number of nitrogens with zero attached hydrogens (tertiary/aromatic N) is 4. The van der Waals surface area contributed by atoms with Crippen LogP contribution in [-0.2, 0) is 38.4 Å². The lowest BCUT2D eigenvalue weighted by Gasteiger charge is -2.29. The summed E-state index contributed by atoms with van der Waals surface area (Å²) in [6, 6.07) is -4.70. The topological polar surface area (TPSA) is 316 Å². The fraction of sp³-hybridized carbons (Fsp3) is 0.732. The lowest BCUT2D eigenvalue weighted by molar-refractivity contribution is -0.141. The van der Waals surface area contributed by atoms with E-state index < -0.39 is 60.1 Å². The number of aliphatic hydroxyl groups excluding tert-OH is 1. The average molecular weight is 1180 g/mol. The number of aliphatic hydroxyl groups is 1. The minimum absolute atomic E-state index is 0.0547. The predicted molar refractivity (Wildman–Crippen MR) is 322 cm³/mol. The lowest BCUT2D eigenvalue weighted by Crippen LogP contribution is -2.54. The molecule has 11 N–H and O–H groups in total. The van der Waals surface area contributed by atoms with E-state index >= 15 is 0 Å². The summed E-state index contributed by atoms with van der Waals surface area (Å²) in [6.45, 7) is 22.0. The number of hydrogen-bond donors (Lipinski definition) is 11. The van der Waals surface area contributed by atoms with Crippen LogP contribution in [0.3, 0.4) is 0 Å². The summed E-state index contributed by atoms with van der Waals surface area (Å²) in [5.41, 5.74) is 2.52. The number of nitrogens with one attached hydrogen (secondary N) is 8. The molecule has 0 aromatic carbocycles. The standard InChI is InChI=1S/C56H98N12O11S2/c1-12-23-67(35-52(74)75)26-25-66(11)34-42-30-47(46(63-42)29-37(5)18-17-36(4)13-2)64-43(19-20-51(72)73)54(77)65-45(56(79)68-24-15-16-48(68)55(78)57-10)22-28-81-80-27-21-44(61-39(7)31-59-49(70)32-58-41(9)69)53(76)60-33-50(71)62-40(8)38(6)14-3/h13,17-18,38-46,48,58,61,63,69H,5,12,14-16,19-35H2,1-4,6-11H3,(H,57,78)(H,59,70)(H,60,76)(H,62,71)(H,65,77)(H,72,73)(H,74,75). The minimum atomic E-state index is -1.18. The Labute approximate surface area is 489 Å². The van der Waals surface area contributed by atoms with E-state index in [1.807, 2.05) is 78.6 Å². The van der Waals surface area contributed by atoms with Gasteiger partial charge in [0, 0.05) is 94.0 Å². The van der Waals surface area contributed by atoms with Gasteiger partial charge in [-0.3, -0.25) is 53.6 Å². The molecule has 460 valence electrons. The monoisotopic (exact) mass is 1180 g/mol. The Balaban J connectivity index is 2.39. The molecule has 0 bridgehead atoms. The lowest BCUT2D eigenvalue weighted by atomic mass is 10.0. The van der Waals surface area contributed by atoms with Gasteiger partial charge < -0.3 is 62.3 Å². The van der Waals surface area contributed by atoms with Crippen molar-refractivity contribution < 1.29 is 53.7 Å². The summed E-state index contributed by atoms with van der Waals surface area (Å²) >= 11 is 0. The molecule has 6 amide bonds. The van der Waals surface area contributed by atoms with Gasteiger partial charge in [0.05, 0.1) is 25.7 Å². The largest absolute Gasteiger partial charge is 0.481 e. The van der Waals surface area contributed by atoms with Gasteiger partial charge in [-0.15, -0.1) is 0 Å². The zero-order valence-corrected chi connectivity index (χ0v) is 51.4. The molecule has 10 atom stereocenters. The Bertz CT molecular complexity index is 2130. The van der Waals surface area contributed by atoms with Gasteiger partial charge in [0.25, 0.3) is 0 Å². The second-order valence-corrected chi connectivity index (χ2v) is 24.1. The highest BCUT2D eigenvalue weighted by Gasteiger charge is 2.39. The number of aliphatic carboxylic acids is 2. The molecule has 81 heavy (non-hydrogen) atoms. The van der Waals surface area contributed by atoms with Crippen LogP contribution in [-0.4, -0.2) is 222 Å². The van der Waals surface area contributed by atoms with Crippen molar-refractivity contribution in [2.45, 2.75) is 174 Å². The first-order valence-electron chi connectivity index (χ1n) is 28.6. The average Bonchev–Trinajstić information content (AvgIpc) is 4.14. The SMILES string of the molecule is C=C(C=CC(C)=CC)CC1NC(CN(C)CCN(CCC)CC(=O)O)CC1=NC(CCC(=O)O)C(=O)NC(CCSSCCC(NC(C)CNC(=O)CNC(C)O)C(=O)NCC(=O)NC(C)C(C)CC)C(=O)N1CCCC1C(=O)NC. The number of carbonyl (C=O) groups excluding carboxylic acids is 6.